The Morgan fingerprint density at radius 3 is 2.43 bits per heavy atom. The minimum absolute atomic E-state index is 0.112. The first kappa shape index (κ1) is 20.3. The normalized spacial score (nSPS) is 17.5. The molecule has 1 aliphatic rings. The van der Waals surface area contributed by atoms with Gasteiger partial charge in [-0.1, -0.05) is 18.2 Å². The fourth-order valence-electron chi connectivity index (χ4n) is 2.98. The van der Waals surface area contributed by atoms with E-state index >= 15 is 0 Å². The van der Waals surface area contributed by atoms with E-state index in [9.17, 15) is 26.4 Å². The number of carbonyl (C=O) groups is 1. The number of alkyl halides is 3. The number of carbonyl (C=O) groups excluding carboxylic acids is 1. The second-order valence-electron chi connectivity index (χ2n) is 6.54. The molecule has 1 aliphatic heterocycles. The quantitative estimate of drug-likeness (QED) is 0.792. The summed E-state index contributed by atoms with van der Waals surface area (Å²) < 4.78 is 63.8. The second-order valence-corrected chi connectivity index (χ2v) is 8.49. The van der Waals surface area contributed by atoms with Gasteiger partial charge in [0.15, 0.2) is 0 Å². The number of hydrogen-bond acceptors (Lipinski definition) is 4. The summed E-state index contributed by atoms with van der Waals surface area (Å²) in [5.41, 5.74) is -0.331. The van der Waals surface area contributed by atoms with Crippen LogP contribution in [0.2, 0.25) is 0 Å². The molecule has 28 heavy (non-hydrogen) atoms. The third kappa shape index (κ3) is 4.53. The van der Waals surface area contributed by atoms with E-state index in [1.807, 2.05) is 0 Å². The molecule has 1 heterocycles. The van der Waals surface area contributed by atoms with Crippen molar-refractivity contribution in [2.24, 2.45) is 0 Å². The Kier molecular flexibility index (Phi) is 5.76. The predicted molar refractivity (Wildman–Crippen MR) is 96.2 cm³/mol. The highest BCUT2D eigenvalue weighted by molar-refractivity contribution is 7.91. The number of hydrogen-bond donors (Lipinski definition) is 2. The average Bonchev–Trinajstić information content (AvgIpc) is 3.21. The van der Waals surface area contributed by atoms with Crippen LogP contribution in [0.25, 0.3) is 0 Å². The molecular weight excluding hydrogens is 393 g/mol. The lowest BCUT2D eigenvalue weighted by Gasteiger charge is -2.12. The Morgan fingerprint density at radius 2 is 1.82 bits per heavy atom. The first-order valence-corrected chi connectivity index (χ1v) is 10.2. The van der Waals surface area contributed by atoms with Crippen molar-refractivity contribution in [2.45, 2.75) is 41.4 Å². The molecule has 2 aromatic carbocycles. The summed E-state index contributed by atoms with van der Waals surface area (Å²) >= 11 is 0. The topological polar surface area (TPSA) is 75.3 Å². The van der Waals surface area contributed by atoms with Crippen LogP contribution in [-0.4, -0.2) is 26.9 Å². The second kappa shape index (κ2) is 7.92. The molecule has 0 radical (unpaired) electrons. The third-order valence-corrected chi connectivity index (χ3v) is 6.32. The van der Waals surface area contributed by atoms with Crippen molar-refractivity contribution in [2.75, 3.05) is 6.54 Å². The average molecular weight is 412 g/mol. The van der Waals surface area contributed by atoms with E-state index in [0.717, 1.165) is 37.6 Å². The van der Waals surface area contributed by atoms with Crippen LogP contribution in [0.3, 0.4) is 0 Å². The molecule has 2 N–H and O–H groups in total. The lowest BCUT2D eigenvalue weighted by Crippen LogP contribution is -2.39. The van der Waals surface area contributed by atoms with Crippen LogP contribution >= 0.6 is 0 Å². The molecule has 0 saturated carbocycles. The Bertz CT molecular complexity index is 951. The molecule has 1 atom stereocenters. The highest BCUT2D eigenvalue weighted by atomic mass is 32.2. The molecule has 0 spiro atoms. The molecule has 1 saturated heterocycles. The van der Waals surface area contributed by atoms with Crippen molar-refractivity contribution in [1.29, 1.82) is 0 Å². The molecule has 1 fully saturated rings. The number of benzene rings is 2. The fraction of sp³-hybridized carbons (Fsp3) is 0.316. The maximum Gasteiger partial charge on any atom is 0.416 e. The first-order valence-electron chi connectivity index (χ1n) is 8.70. The van der Waals surface area contributed by atoms with E-state index < -0.39 is 26.5 Å². The van der Waals surface area contributed by atoms with E-state index in [0.29, 0.717) is 11.6 Å². The van der Waals surface area contributed by atoms with E-state index in [2.05, 4.69) is 10.6 Å². The Labute approximate surface area is 160 Å². The maximum atomic E-state index is 12.8. The number of halogens is 3. The standard InChI is InChI=1S/C19H19F3N2O3S/c20-19(21,22)14-3-1-4-16(11-14)28(26,27)15-8-6-13(7-9-15)12-24-18(25)17-5-2-10-23-17/h1,3-4,6-9,11,17,23H,2,5,10,12H2,(H,24,25)/t17-/m0/s1. The molecule has 0 bridgehead atoms. The zero-order valence-electron chi connectivity index (χ0n) is 14.8. The van der Waals surface area contributed by atoms with Crippen LogP contribution < -0.4 is 10.6 Å². The van der Waals surface area contributed by atoms with Crippen LogP contribution in [0.5, 0.6) is 0 Å². The van der Waals surface area contributed by atoms with Crippen LogP contribution in [0, 0.1) is 0 Å². The van der Waals surface area contributed by atoms with Gasteiger partial charge in [0, 0.05) is 6.54 Å². The highest BCUT2D eigenvalue weighted by Crippen LogP contribution is 2.32. The summed E-state index contributed by atoms with van der Waals surface area (Å²) in [4.78, 5) is 11.4. The van der Waals surface area contributed by atoms with Crippen LogP contribution in [-0.2, 0) is 27.4 Å². The minimum atomic E-state index is -4.62. The van der Waals surface area contributed by atoms with Gasteiger partial charge in [-0.3, -0.25) is 4.79 Å². The number of nitrogens with one attached hydrogen (secondary N) is 2. The molecule has 5 nitrogen and oxygen atoms in total. The van der Waals surface area contributed by atoms with Gasteiger partial charge in [0.1, 0.15) is 0 Å². The van der Waals surface area contributed by atoms with Gasteiger partial charge in [0.2, 0.25) is 15.7 Å². The van der Waals surface area contributed by atoms with Crippen molar-refractivity contribution in [3.63, 3.8) is 0 Å². The molecule has 150 valence electrons. The van der Waals surface area contributed by atoms with Crippen molar-refractivity contribution in [3.05, 3.63) is 59.7 Å². The van der Waals surface area contributed by atoms with Gasteiger partial charge in [-0.05, 0) is 55.3 Å². The Hall–Kier alpha value is -2.39. The SMILES string of the molecule is O=C(NCc1ccc(S(=O)(=O)c2cccc(C(F)(F)F)c2)cc1)[C@@H]1CCCN1. The summed E-state index contributed by atoms with van der Waals surface area (Å²) in [6.07, 6.45) is -2.90. The predicted octanol–water partition coefficient (Wildman–Crippen LogP) is 2.91. The molecule has 0 aromatic heterocycles. The van der Waals surface area contributed by atoms with Crippen molar-refractivity contribution in [3.8, 4) is 0 Å². The highest BCUT2D eigenvalue weighted by Gasteiger charge is 2.32. The number of sulfone groups is 1. The van der Waals surface area contributed by atoms with Gasteiger partial charge >= 0.3 is 6.18 Å². The van der Waals surface area contributed by atoms with Crippen LogP contribution in [0.1, 0.15) is 24.0 Å². The summed E-state index contributed by atoms with van der Waals surface area (Å²) in [6, 6.07) is 9.15. The van der Waals surface area contributed by atoms with Gasteiger partial charge < -0.3 is 10.6 Å². The summed E-state index contributed by atoms with van der Waals surface area (Å²) in [6.45, 7) is 1.04. The van der Waals surface area contributed by atoms with E-state index in [1.165, 1.54) is 24.3 Å². The van der Waals surface area contributed by atoms with Gasteiger partial charge in [-0.15, -0.1) is 0 Å². The number of amides is 1. The van der Waals surface area contributed by atoms with Gasteiger partial charge in [0.25, 0.3) is 0 Å². The molecule has 2 aromatic rings. The summed E-state index contributed by atoms with van der Waals surface area (Å²) in [5.74, 6) is -0.113. The van der Waals surface area contributed by atoms with Crippen LogP contribution in [0.15, 0.2) is 58.3 Å². The van der Waals surface area contributed by atoms with Crippen molar-refractivity contribution in [1.82, 2.24) is 10.6 Å². The van der Waals surface area contributed by atoms with E-state index in [-0.39, 0.29) is 23.4 Å². The lowest BCUT2D eigenvalue weighted by atomic mass is 10.2. The smallest absolute Gasteiger partial charge is 0.351 e. The molecule has 0 unspecified atom stereocenters. The number of rotatable bonds is 5. The minimum Gasteiger partial charge on any atom is -0.351 e. The Morgan fingerprint density at radius 1 is 1.11 bits per heavy atom. The largest absolute Gasteiger partial charge is 0.416 e. The molecule has 3 rings (SSSR count). The summed E-state index contributed by atoms with van der Waals surface area (Å²) in [7, 11) is -4.08. The zero-order valence-corrected chi connectivity index (χ0v) is 15.6. The molecular formula is C19H19F3N2O3S. The monoisotopic (exact) mass is 412 g/mol. The van der Waals surface area contributed by atoms with Crippen LogP contribution in [0.4, 0.5) is 13.2 Å². The lowest BCUT2D eigenvalue weighted by molar-refractivity contribution is -0.137. The zero-order chi connectivity index (χ0) is 20.4. The van der Waals surface area contributed by atoms with E-state index in [1.54, 1.807) is 0 Å². The third-order valence-electron chi connectivity index (χ3n) is 4.55. The van der Waals surface area contributed by atoms with Gasteiger partial charge in [-0.25, -0.2) is 8.42 Å². The first-order chi connectivity index (χ1) is 13.2. The van der Waals surface area contributed by atoms with Gasteiger partial charge in [-0.2, -0.15) is 13.2 Å². The molecule has 9 heteroatoms. The van der Waals surface area contributed by atoms with E-state index in [4.69, 9.17) is 0 Å². The molecule has 1 amide bonds. The summed E-state index contributed by atoms with van der Waals surface area (Å²) in [5, 5.41) is 5.86. The molecule has 0 aliphatic carbocycles. The Balaban J connectivity index is 1.72. The maximum absolute atomic E-state index is 12.8. The van der Waals surface area contributed by atoms with Crippen molar-refractivity contribution >= 4 is 15.7 Å². The van der Waals surface area contributed by atoms with Crippen molar-refractivity contribution < 1.29 is 26.4 Å². The fourth-order valence-corrected chi connectivity index (χ4v) is 4.29. The van der Waals surface area contributed by atoms with Gasteiger partial charge in [0.05, 0.1) is 21.4 Å².